The number of hydrogen-bond acceptors (Lipinski definition) is 5. The van der Waals surface area contributed by atoms with Crippen LogP contribution in [0.3, 0.4) is 0 Å². The van der Waals surface area contributed by atoms with Crippen LogP contribution in [0.4, 0.5) is 17.3 Å². The monoisotopic (exact) mass is 321 g/mol. The fraction of sp³-hybridized carbons (Fsp3) is 0.278. The molecular weight excluding hydrogens is 302 g/mol. The van der Waals surface area contributed by atoms with Crippen LogP contribution in [0.5, 0.6) is 0 Å². The third-order valence-corrected chi connectivity index (χ3v) is 4.06. The summed E-state index contributed by atoms with van der Waals surface area (Å²) in [4.78, 5) is 3.58. The van der Waals surface area contributed by atoms with Gasteiger partial charge < -0.3 is 4.74 Å². The van der Waals surface area contributed by atoms with Crippen LogP contribution in [-0.2, 0) is 4.74 Å². The second-order valence-electron chi connectivity index (χ2n) is 5.74. The quantitative estimate of drug-likeness (QED) is 0.730. The van der Waals surface area contributed by atoms with E-state index in [0.717, 1.165) is 37.2 Å². The van der Waals surface area contributed by atoms with E-state index in [0.29, 0.717) is 5.95 Å². The van der Waals surface area contributed by atoms with E-state index in [1.54, 1.807) is 4.80 Å². The van der Waals surface area contributed by atoms with E-state index in [1.807, 2.05) is 65.6 Å². The predicted octanol–water partition coefficient (Wildman–Crippen LogP) is 3.84. The molecule has 1 aliphatic rings. The van der Waals surface area contributed by atoms with Gasteiger partial charge in [0, 0.05) is 18.0 Å². The van der Waals surface area contributed by atoms with Crippen molar-refractivity contribution in [1.82, 2.24) is 20.2 Å². The van der Waals surface area contributed by atoms with Gasteiger partial charge in [0.25, 0.3) is 5.95 Å². The number of aromatic nitrogens is 4. The second-order valence-corrected chi connectivity index (χ2v) is 5.74. The molecule has 0 bridgehead atoms. The Bertz CT molecular complexity index is 729. The van der Waals surface area contributed by atoms with Crippen molar-refractivity contribution in [2.75, 3.05) is 11.5 Å². The summed E-state index contributed by atoms with van der Waals surface area (Å²) in [7, 11) is 0. The van der Waals surface area contributed by atoms with Crippen LogP contribution in [-0.4, -0.2) is 26.8 Å². The van der Waals surface area contributed by atoms with Gasteiger partial charge in [-0.2, -0.15) is 0 Å². The van der Waals surface area contributed by atoms with Gasteiger partial charge in [0.05, 0.1) is 0 Å². The lowest BCUT2D eigenvalue weighted by Crippen LogP contribution is -2.20. The van der Waals surface area contributed by atoms with Crippen LogP contribution >= 0.6 is 0 Å². The highest BCUT2D eigenvalue weighted by Gasteiger charge is 2.22. The van der Waals surface area contributed by atoms with Crippen molar-refractivity contribution in [3.8, 4) is 0 Å². The number of benzene rings is 2. The van der Waals surface area contributed by atoms with Gasteiger partial charge in [-0.25, -0.2) is 0 Å². The maximum absolute atomic E-state index is 5.75. The molecule has 0 aliphatic carbocycles. The predicted molar refractivity (Wildman–Crippen MR) is 91.3 cm³/mol. The lowest BCUT2D eigenvalue weighted by Gasteiger charge is -2.22. The summed E-state index contributed by atoms with van der Waals surface area (Å²) >= 11 is 0. The normalized spacial score (nSPS) is 17.6. The van der Waals surface area contributed by atoms with Crippen LogP contribution in [0.25, 0.3) is 0 Å². The fourth-order valence-electron chi connectivity index (χ4n) is 2.87. The number of anilines is 3. The third kappa shape index (κ3) is 3.00. The minimum atomic E-state index is -0.117. The van der Waals surface area contributed by atoms with Crippen LogP contribution < -0.4 is 4.90 Å². The van der Waals surface area contributed by atoms with Crippen molar-refractivity contribution in [2.45, 2.75) is 25.5 Å². The Labute approximate surface area is 140 Å². The van der Waals surface area contributed by atoms with Crippen LogP contribution in [0.1, 0.15) is 25.5 Å². The van der Waals surface area contributed by atoms with E-state index in [4.69, 9.17) is 4.74 Å². The van der Waals surface area contributed by atoms with Crippen molar-refractivity contribution >= 4 is 17.3 Å². The van der Waals surface area contributed by atoms with Crippen LogP contribution in [0.15, 0.2) is 60.7 Å². The van der Waals surface area contributed by atoms with E-state index in [-0.39, 0.29) is 6.23 Å². The summed E-state index contributed by atoms with van der Waals surface area (Å²) in [6.07, 6.45) is 3.03. The van der Waals surface area contributed by atoms with Gasteiger partial charge in [0.2, 0.25) is 0 Å². The molecule has 1 saturated heterocycles. The number of ether oxygens (including phenoxy) is 1. The largest absolute Gasteiger partial charge is 0.355 e. The summed E-state index contributed by atoms with van der Waals surface area (Å²) in [5, 5.41) is 13.1. The van der Waals surface area contributed by atoms with Crippen molar-refractivity contribution in [1.29, 1.82) is 0 Å². The topological polar surface area (TPSA) is 56.1 Å². The first-order chi connectivity index (χ1) is 11.9. The van der Waals surface area contributed by atoms with Crippen molar-refractivity contribution < 1.29 is 4.74 Å². The maximum Gasteiger partial charge on any atom is 0.275 e. The molecule has 1 aromatic heterocycles. The molecular formula is C18H19N5O. The molecule has 0 N–H and O–H groups in total. The van der Waals surface area contributed by atoms with Gasteiger partial charge in [-0.3, -0.25) is 4.90 Å². The average Bonchev–Trinajstić information content (AvgIpc) is 3.14. The lowest BCUT2D eigenvalue weighted by atomic mass is 10.2. The highest BCUT2D eigenvalue weighted by atomic mass is 16.5. The van der Waals surface area contributed by atoms with E-state index < -0.39 is 0 Å². The Morgan fingerprint density at radius 2 is 1.58 bits per heavy atom. The number of rotatable bonds is 4. The minimum Gasteiger partial charge on any atom is -0.355 e. The first-order valence-corrected chi connectivity index (χ1v) is 8.23. The van der Waals surface area contributed by atoms with E-state index in [1.165, 1.54) is 0 Å². The molecule has 1 unspecified atom stereocenters. The molecule has 122 valence electrons. The van der Waals surface area contributed by atoms with E-state index in [2.05, 4.69) is 15.4 Å². The van der Waals surface area contributed by atoms with E-state index in [9.17, 15) is 0 Å². The molecule has 4 rings (SSSR count). The minimum absolute atomic E-state index is 0.117. The molecule has 0 radical (unpaired) electrons. The van der Waals surface area contributed by atoms with Gasteiger partial charge in [-0.1, -0.05) is 41.5 Å². The van der Waals surface area contributed by atoms with Crippen LogP contribution in [0, 0.1) is 0 Å². The molecule has 6 heteroatoms. The Morgan fingerprint density at radius 3 is 2.17 bits per heavy atom. The summed E-state index contributed by atoms with van der Waals surface area (Å²) in [5.74, 6) is 0.543. The summed E-state index contributed by atoms with van der Waals surface area (Å²) in [5.41, 5.74) is 1.99. The highest BCUT2D eigenvalue weighted by molar-refractivity contribution is 5.71. The number of nitrogens with zero attached hydrogens (tertiary/aromatic N) is 5. The smallest absolute Gasteiger partial charge is 0.275 e. The average molecular weight is 321 g/mol. The SMILES string of the molecule is c1ccc(N(c2ccccc2)c2nnn(C3CCCCO3)n2)cc1. The molecule has 6 nitrogen and oxygen atoms in total. The first kappa shape index (κ1) is 14.8. The molecule has 1 aliphatic heterocycles. The first-order valence-electron chi connectivity index (χ1n) is 8.23. The van der Waals surface area contributed by atoms with Crippen molar-refractivity contribution in [3.05, 3.63) is 60.7 Å². The third-order valence-electron chi connectivity index (χ3n) is 4.06. The van der Waals surface area contributed by atoms with Crippen LogP contribution in [0.2, 0.25) is 0 Å². The van der Waals surface area contributed by atoms with Crippen molar-refractivity contribution in [2.24, 2.45) is 0 Å². The summed E-state index contributed by atoms with van der Waals surface area (Å²) in [6.45, 7) is 0.753. The molecule has 0 amide bonds. The van der Waals surface area contributed by atoms with Gasteiger partial charge in [0.1, 0.15) is 0 Å². The molecule has 1 atom stereocenters. The Kier molecular flexibility index (Phi) is 4.20. The zero-order valence-corrected chi connectivity index (χ0v) is 13.3. The summed E-state index contributed by atoms with van der Waals surface area (Å²) in [6, 6.07) is 20.1. The maximum atomic E-state index is 5.75. The molecule has 1 fully saturated rings. The number of tetrazole rings is 1. The molecule has 0 saturated carbocycles. The number of para-hydroxylation sites is 2. The fourth-order valence-corrected chi connectivity index (χ4v) is 2.87. The highest BCUT2D eigenvalue weighted by Crippen LogP contribution is 2.31. The Balaban J connectivity index is 1.70. The molecule has 2 heterocycles. The second kappa shape index (κ2) is 6.80. The molecule has 24 heavy (non-hydrogen) atoms. The van der Waals surface area contributed by atoms with Gasteiger partial charge in [0.15, 0.2) is 6.23 Å². The molecule has 3 aromatic rings. The van der Waals surface area contributed by atoms with Gasteiger partial charge in [-0.05, 0) is 48.7 Å². The van der Waals surface area contributed by atoms with Crippen molar-refractivity contribution in [3.63, 3.8) is 0 Å². The van der Waals surface area contributed by atoms with Gasteiger partial charge >= 0.3 is 0 Å². The zero-order valence-electron chi connectivity index (χ0n) is 13.3. The van der Waals surface area contributed by atoms with Gasteiger partial charge in [-0.15, -0.1) is 9.90 Å². The Hall–Kier alpha value is -2.73. The number of hydrogen-bond donors (Lipinski definition) is 0. The standard InChI is InChI=1S/C18H19N5O/c1-3-9-15(10-4-1)22(16-11-5-2-6-12-16)18-19-21-23(20-18)17-13-7-8-14-24-17/h1-6,9-12,17H,7-8,13-14H2. The summed E-state index contributed by atoms with van der Waals surface area (Å²) < 4.78 is 5.75. The Morgan fingerprint density at radius 1 is 0.917 bits per heavy atom. The molecule has 0 spiro atoms. The molecule has 2 aromatic carbocycles. The zero-order chi connectivity index (χ0) is 16.2. The van der Waals surface area contributed by atoms with E-state index >= 15 is 0 Å². The lowest BCUT2D eigenvalue weighted by molar-refractivity contribution is -0.0488.